The van der Waals surface area contributed by atoms with Gasteiger partial charge in [0.2, 0.25) is 5.88 Å². The van der Waals surface area contributed by atoms with Gasteiger partial charge < -0.3 is 10.1 Å². The van der Waals surface area contributed by atoms with Gasteiger partial charge in [-0.3, -0.25) is 0 Å². The first kappa shape index (κ1) is 15.5. The highest BCUT2D eigenvalue weighted by Crippen LogP contribution is 2.28. The number of hydrogen-bond acceptors (Lipinski definition) is 4. The third-order valence-corrected chi connectivity index (χ3v) is 3.05. The first-order valence-corrected chi connectivity index (χ1v) is 6.87. The number of anilines is 1. The zero-order valence-electron chi connectivity index (χ0n) is 12.4. The van der Waals surface area contributed by atoms with Crippen LogP contribution in [0.5, 0.6) is 11.6 Å². The molecule has 1 heterocycles. The molecule has 0 amide bonds. The van der Waals surface area contributed by atoms with Crippen molar-refractivity contribution in [1.29, 1.82) is 0 Å². The summed E-state index contributed by atoms with van der Waals surface area (Å²) in [6, 6.07) is 5.91. The summed E-state index contributed by atoms with van der Waals surface area (Å²) in [7, 11) is 1.76. The normalized spacial score (nSPS) is 11.3. The van der Waals surface area contributed by atoms with Crippen LogP contribution in [0.15, 0.2) is 24.3 Å². The van der Waals surface area contributed by atoms with Gasteiger partial charge in [-0.25, -0.2) is 9.37 Å². The summed E-state index contributed by atoms with van der Waals surface area (Å²) in [5.74, 6) is 1.42. The Kier molecular flexibility index (Phi) is 4.32. The molecule has 0 aliphatic carbocycles. The third kappa shape index (κ3) is 3.82. The largest absolute Gasteiger partial charge is 0.439 e. The fraction of sp³-hybridized carbons (Fsp3) is 0.333. The van der Waals surface area contributed by atoms with Gasteiger partial charge in [0, 0.05) is 24.6 Å². The maximum absolute atomic E-state index is 13.4. The zero-order valence-corrected chi connectivity index (χ0v) is 13.1. The van der Waals surface area contributed by atoms with Crippen LogP contribution in [0.3, 0.4) is 0 Å². The number of ether oxygens (including phenoxy) is 1. The SMILES string of the molecule is CNc1cc(Oc2ccc(Cl)c(F)c2)nc(C(C)(C)C)n1. The summed E-state index contributed by atoms with van der Waals surface area (Å²) in [5, 5.41) is 3.01. The molecule has 1 aromatic heterocycles. The number of aromatic nitrogens is 2. The Morgan fingerprint density at radius 3 is 2.48 bits per heavy atom. The van der Waals surface area contributed by atoms with Crippen molar-refractivity contribution in [2.75, 3.05) is 12.4 Å². The minimum absolute atomic E-state index is 0.0522. The minimum Gasteiger partial charge on any atom is -0.439 e. The van der Waals surface area contributed by atoms with Crippen molar-refractivity contribution >= 4 is 17.4 Å². The van der Waals surface area contributed by atoms with Gasteiger partial charge >= 0.3 is 0 Å². The summed E-state index contributed by atoms with van der Waals surface area (Å²) in [6.45, 7) is 6.02. The van der Waals surface area contributed by atoms with Crippen LogP contribution in [0.1, 0.15) is 26.6 Å². The van der Waals surface area contributed by atoms with E-state index in [0.717, 1.165) is 0 Å². The molecule has 0 bridgehead atoms. The molecule has 0 unspecified atom stereocenters. The summed E-state index contributed by atoms with van der Waals surface area (Å²) in [6.07, 6.45) is 0. The second kappa shape index (κ2) is 5.85. The molecular formula is C15H17ClFN3O. The van der Waals surface area contributed by atoms with E-state index in [9.17, 15) is 4.39 Å². The fourth-order valence-corrected chi connectivity index (χ4v) is 1.72. The standard InChI is InChI=1S/C15H17ClFN3O/c1-15(2,3)14-19-12(18-4)8-13(20-14)21-9-5-6-10(16)11(17)7-9/h5-8H,1-4H3,(H,18,19,20). The van der Waals surface area contributed by atoms with Crippen LogP contribution in [-0.2, 0) is 5.41 Å². The monoisotopic (exact) mass is 309 g/mol. The molecular weight excluding hydrogens is 293 g/mol. The molecule has 6 heteroatoms. The molecule has 0 atom stereocenters. The van der Waals surface area contributed by atoms with Crippen molar-refractivity contribution in [3.8, 4) is 11.6 Å². The highest BCUT2D eigenvalue weighted by Gasteiger charge is 2.19. The topological polar surface area (TPSA) is 47.0 Å². The molecule has 21 heavy (non-hydrogen) atoms. The van der Waals surface area contributed by atoms with Gasteiger partial charge in [0.05, 0.1) is 5.02 Å². The van der Waals surface area contributed by atoms with Crippen LogP contribution in [0.4, 0.5) is 10.2 Å². The van der Waals surface area contributed by atoms with Crippen molar-refractivity contribution in [2.24, 2.45) is 0 Å². The van der Waals surface area contributed by atoms with Crippen LogP contribution in [0.2, 0.25) is 5.02 Å². The molecule has 0 aliphatic heterocycles. The van der Waals surface area contributed by atoms with Gasteiger partial charge in [0.1, 0.15) is 23.2 Å². The molecule has 0 spiro atoms. The second-order valence-corrected chi connectivity index (χ2v) is 6.00. The van der Waals surface area contributed by atoms with Crippen molar-refractivity contribution in [3.05, 3.63) is 40.9 Å². The molecule has 2 rings (SSSR count). The Hall–Kier alpha value is -1.88. The van der Waals surface area contributed by atoms with Crippen molar-refractivity contribution in [2.45, 2.75) is 26.2 Å². The van der Waals surface area contributed by atoms with Crippen LogP contribution in [0.25, 0.3) is 0 Å². The van der Waals surface area contributed by atoms with E-state index in [1.54, 1.807) is 19.2 Å². The van der Waals surface area contributed by atoms with Gasteiger partial charge in [0.15, 0.2) is 0 Å². The highest BCUT2D eigenvalue weighted by molar-refractivity contribution is 6.30. The Balaban J connectivity index is 2.36. The summed E-state index contributed by atoms with van der Waals surface area (Å²) in [5.41, 5.74) is -0.226. The Morgan fingerprint density at radius 1 is 1.19 bits per heavy atom. The Morgan fingerprint density at radius 2 is 1.90 bits per heavy atom. The van der Waals surface area contributed by atoms with E-state index >= 15 is 0 Å². The lowest BCUT2D eigenvalue weighted by Crippen LogP contribution is -2.17. The lowest BCUT2D eigenvalue weighted by Gasteiger charge is -2.18. The molecule has 0 saturated carbocycles. The van der Waals surface area contributed by atoms with Crippen molar-refractivity contribution < 1.29 is 9.13 Å². The molecule has 1 aromatic carbocycles. The van der Waals surface area contributed by atoms with Gasteiger partial charge in [0.25, 0.3) is 0 Å². The number of hydrogen-bond donors (Lipinski definition) is 1. The molecule has 4 nitrogen and oxygen atoms in total. The van der Waals surface area contributed by atoms with Crippen molar-refractivity contribution in [1.82, 2.24) is 9.97 Å². The van der Waals surface area contributed by atoms with Gasteiger partial charge in [-0.2, -0.15) is 4.98 Å². The molecule has 0 saturated heterocycles. The lowest BCUT2D eigenvalue weighted by molar-refractivity contribution is 0.443. The molecule has 2 aromatic rings. The summed E-state index contributed by atoms with van der Waals surface area (Å²) < 4.78 is 19.0. The highest BCUT2D eigenvalue weighted by atomic mass is 35.5. The smallest absolute Gasteiger partial charge is 0.224 e. The first-order chi connectivity index (χ1) is 9.79. The summed E-state index contributed by atoms with van der Waals surface area (Å²) >= 11 is 5.65. The molecule has 0 fully saturated rings. The third-order valence-electron chi connectivity index (χ3n) is 2.74. The predicted molar refractivity (Wildman–Crippen MR) is 81.8 cm³/mol. The molecule has 1 N–H and O–H groups in total. The van der Waals surface area contributed by atoms with E-state index in [2.05, 4.69) is 15.3 Å². The molecule has 0 aliphatic rings. The van der Waals surface area contributed by atoms with Crippen LogP contribution < -0.4 is 10.1 Å². The number of nitrogens with one attached hydrogen (secondary N) is 1. The second-order valence-electron chi connectivity index (χ2n) is 5.59. The maximum Gasteiger partial charge on any atom is 0.224 e. The fourth-order valence-electron chi connectivity index (χ4n) is 1.60. The van der Waals surface area contributed by atoms with E-state index in [1.807, 2.05) is 20.8 Å². The van der Waals surface area contributed by atoms with Gasteiger partial charge in [-0.1, -0.05) is 32.4 Å². The average Bonchev–Trinajstić information content (AvgIpc) is 2.41. The van der Waals surface area contributed by atoms with E-state index in [0.29, 0.717) is 23.3 Å². The summed E-state index contributed by atoms with van der Waals surface area (Å²) in [4.78, 5) is 8.77. The van der Waals surface area contributed by atoms with E-state index in [-0.39, 0.29) is 10.4 Å². The number of nitrogens with zero attached hydrogens (tertiary/aromatic N) is 2. The van der Waals surface area contributed by atoms with Crippen LogP contribution in [-0.4, -0.2) is 17.0 Å². The Labute approximate surface area is 128 Å². The quantitative estimate of drug-likeness (QED) is 0.913. The molecule has 112 valence electrons. The van der Waals surface area contributed by atoms with Crippen LogP contribution in [0, 0.1) is 5.82 Å². The van der Waals surface area contributed by atoms with Gasteiger partial charge in [-0.05, 0) is 12.1 Å². The predicted octanol–water partition coefficient (Wildman–Crippen LogP) is 4.40. The van der Waals surface area contributed by atoms with Crippen molar-refractivity contribution in [3.63, 3.8) is 0 Å². The average molecular weight is 310 g/mol. The molecule has 0 radical (unpaired) electrons. The number of rotatable bonds is 3. The van der Waals surface area contributed by atoms with Gasteiger partial charge in [-0.15, -0.1) is 0 Å². The number of benzene rings is 1. The van der Waals surface area contributed by atoms with E-state index in [4.69, 9.17) is 16.3 Å². The first-order valence-electron chi connectivity index (χ1n) is 6.50. The Bertz CT molecular complexity index is 656. The minimum atomic E-state index is -0.534. The van der Waals surface area contributed by atoms with E-state index < -0.39 is 5.82 Å². The maximum atomic E-state index is 13.4. The lowest BCUT2D eigenvalue weighted by atomic mass is 9.96. The van der Waals surface area contributed by atoms with E-state index in [1.165, 1.54) is 12.1 Å². The zero-order chi connectivity index (χ0) is 15.6. The number of halogens is 2. The van der Waals surface area contributed by atoms with Crippen LogP contribution >= 0.6 is 11.6 Å².